The average Bonchev–Trinajstić information content (AvgIpc) is 2.75. The molecule has 1 aromatic carbocycles. The second-order valence-corrected chi connectivity index (χ2v) is 8.18. The second-order valence-electron chi connectivity index (χ2n) is 8.18. The summed E-state index contributed by atoms with van der Waals surface area (Å²) in [6.45, 7) is 4.99. The summed E-state index contributed by atoms with van der Waals surface area (Å²) < 4.78 is 21.6. The molecule has 1 N–H and O–H groups in total. The van der Waals surface area contributed by atoms with Gasteiger partial charge in [-0.1, -0.05) is 24.3 Å². The molecule has 0 saturated carbocycles. The van der Waals surface area contributed by atoms with E-state index in [0.29, 0.717) is 25.6 Å². The number of anilines is 1. The molecule has 4 rings (SSSR count). The first-order valence-electron chi connectivity index (χ1n) is 10.1. The van der Waals surface area contributed by atoms with E-state index in [1.54, 1.807) is 20.9 Å². The van der Waals surface area contributed by atoms with Crippen molar-refractivity contribution in [2.75, 3.05) is 24.6 Å². The summed E-state index contributed by atoms with van der Waals surface area (Å²) in [5, 5.41) is 10.2. The lowest BCUT2D eigenvalue weighted by Crippen LogP contribution is -2.41. The van der Waals surface area contributed by atoms with Crippen LogP contribution in [-0.4, -0.2) is 39.3 Å². The van der Waals surface area contributed by atoms with E-state index in [2.05, 4.69) is 9.97 Å². The molecule has 0 radical (unpaired) electrons. The molecule has 0 spiro atoms. The maximum absolute atomic E-state index is 14.2. The summed E-state index contributed by atoms with van der Waals surface area (Å²) in [5.41, 5.74) is 1.12. The van der Waals surface area contributed by atoms with Crippen molar-refractivity contribution in [1.82, 2.24) is 14.5 Å². The number of halogens is 1. The number of benzene rings is 1. The summed E-state index contributed by atoms with van der Waals surface area (Å²) in [5.74, 6) is -0.0684. The van der Waals surface area contributed by atoms with E-state index in [4.69, 9.17) is 4.74 Å². The van der Waals surface area contributed by atoms with Crippen LogP contribution < -0.4 is 10.5 Å². The molecule has 3 aromatic rings. The maximum Gasteiger partial charge on any atom is 0.255 e. The fourth-order valence-electron chi connectivity index (χ4n) is 3.67. The first kappa shape index (κ1) is 21.1. The van der Waals surface area contributed by atoms with Gasteiger partial charge in [0.2, 0.25) is 5.95 Å². The number of morpholine rings is 1. The number of aromatic nitrogens is 3. The molecule has 0 unspecified atom stereocenters. The highest BCUT2D eigenvalue weighted by molar-refractivity contribution is 5.60. The Morgan fingerprint density at radius 2 is 1.97 bits per heavy atom. The number of aliphatic hydroxyl groups is 1. The van der Waals surface area contributed by atoms with E-state index in [1.807, 2.05) is 29.2 Å². The van der Waals surface area contributed by atoms with Gasteiger partial charge in [0.05, 0.1) is 30.6 Å². The number of ether oxygens (including phenoxy) is 1. The molecule has 7 nitrogen and oxygen atoms in total. The van der Waals surface area contributed by atoms with Crippen molar-refractivity contribution in [3.05, 3.63) is 76.1 Å². The molecule has 0 amide bonds. The zero-order chi connectivity index (χ0) is 22.2. The zero-order valence-electron chi connectivity index (χ0n) is 17.7. The predicted octanol–water partition coefficient (Wildman–Crippen LogP) is 2.79. The summed E-state index contributed by atoms with van der Waals surface area (Å²) in [7, 11) is 1.65. The molecule has 8 heteroatoms. The van der Waals surface area contributed by atoms with Crippen LogP contribution in [0, 0.1) is 5.82 Å². The van der Waals surface area contributed by atoms with E-state index < -0.39 is 11.4 Å². The van der Waals surface area contributed by atoms with Crippen molar-refractivity contribution in [2.45, 2.75) is 25.6 Å². The fourth-order valence-corrected chi connectivity index (χ4v) is 3.67. The van der Waals surface area contributed by atoms with E-state index in [1.165, 1.54) is 22.9 Å². The van der Waals surface area contributed by atoms with E-state index in [9.17, 15) is 14.3 Å². The van der Waals surface area contributed by atoms with Gasteiger partial charge in [-0.25, -0.2) is 9.37 Å². The molecule has 31 heavy (non-hydrogen) atoms. The average molecular weight is 424 g/mol. The highest BCUT2D eigenvalue weighted by atomic mass is 19.1. The molecule has 1 fully saturated rings. The minimum Gasteiger partial charge on any atom is -0.386 e. The number of nitrogens with zero attached hydrogens (tertiary/aromatic N) is 4. The predicted molar refractivity (Wildman–Crippen MR) is 115 cm³/mol. The highest BCUT2D eigenvalue weighted by Crippen LogP contribution is 2.28. The molecule has 1 aliphatic rings. The van der Waals surface area contributed by atoms with Gasteiger partial charge in [-0.2, -0.15) is 0 Å². The van der Waals surface area contributed by atoms with Crippen LogP contribution in [0.2, 0.25) is 0 Å². The first-order chi connectivity index (χ1) is 14.7. The lowest BCUT2D eigenvalue weighted by atomic mass is 9.96. The van der Waals surface area contributed by atoms with Crippen LogP contribution >= 0.6 is 0 Å². The third-order valence-corrected chi connectivity index (χ3v) is 5.50. The van der Waals surface area contributed by atoms with Crippen LogP contribution in [0.3, 0.4) is 0 Å². The van der Waals surface area contributed by atoms with Crippen molar-refractivity contribution in [2.24, 2.45) is 7.05 Å². The molecule has 0 aliphatic carbocycles. The van der Waals surface area contributed by atoms with Crippen molar-refractivity contribution >= 4 is 5.95 Å². The number of rotatable bonds is 4. The van der Waals surface area contributed by atoms with Crippen LogP contribution in [0.15, 0.2) is 53.6 Å². The summed E-state index contributed by atoms with van der Waals surface area (Å²) in [4.78, 5) is 22.9. The van der Waals surface area contributed by atoms with E-state index in [0.717, 1.165) is 17.3 Å². The number of hydrogen-bond donors (Lipinski definition) is 1. The normalized spacial score (nSPS) is 17.1. The van der Waals surface area contributed by atoms with Crippen molar-refractivity contribution in [1.29, 1.82) is 0 Å². The largest absolute Gasteiger partial charge is 0.386 e. The van der Waals surface area contributed by atoms with Gasteiger partial charge in [0, 0.05) is 31.4 Å². The summed E-state index contributed by atoms with van der Waals surface area (Å²) >= 11 is 0. The van der Waals surface area contributed by atoms with Crippen molar-refractivity contribution in [3.63, 3.8) is 0 Å². The Morgan fingerprint density at radius 3 is 2.65 bits per heavy atom. The van der Waals surface area contributed by atoms with Gasteiger partial charge in [0.25, 0.3) is 5.56 Å². The maximum atomic E-state index is 14.2. The van der Waals surface area contributed by atoms with Crippen LogP contribution in [0.1, 0.15) is 31.1 Å². The minimum atomic E-state index is -0.914. The van der Waals surface area contributed by atoms with Gasteiger partial charge in [-0.05, 0) is 31.0 Å². The second kappa shape index (κ2) is 8.20. The van der Waals surface area contributed by atoms with Crippen LogP contribution in [-0.2, 0) is 17.4 Å². The molecule has 0 bridgehead atoms. The van der Waals surface area contributed by atoms with Gasteiger partial charge in [-0.3, -0.25) is 14.3 Å². The third kappa shape index (κ3) is 4.35. The molecule has 162 valence electrons. The Bertz CT molecular complexity index is 1140. The van der Waals surface area contributed by atoms with Gasteiger partial charge >= 0.3 is 0 Å². The molecule has 1 aliphatic heterocycles. The van der Waals surface area contributed by atoms with Crippen LogP contribution in [0.4, 0.5) is 10.3 Å². The van der Waals surface area contributed by atoms with E-state index >= 15 is 0 Å². The van der Waals surface area contributed by atoms with Gasteiger partial charge in [-0.15, -0.1) is 0 Å². The lowest BCUT2D eigenvalue weighted by molar-refractivity contribution is 0.0387. The topological polar surface area (TPSA) is 80.5 Å². The molecule has 3 heterocycles. The Hall–Kier alpha value is -3.10. The Labute approximate surface area is 179 Å². The zero-order valence-corrected chi connectivity index (χ0v) is 17.7. The first-order valence-corrected chi connectivity index (χ1v) is 10.1. The molecular weight excluding hydrogens is 399 g/mol. The van der Waals surface area contributed by atoms with Crippen molar-refractivity contribution in [3.8, 4) is 11.3 Å². The number of hydrogen-bond acceptors (Lipinski definition) is 6. The molecule has 2 aromatic heterocycles. The lowest BCUT2D eigenvalue weighted by Gasteiger charge is -2.34. The molecular formula is C23H25FN4O3. The van der Waals surface area contributed by atoms with Crippen LogP contribution in [0.25, 0.3) is 11.3 Å². The smallest absolute Gasteiger partial charge is 0.255 e. The Morgan fingerprint density at radius 1 is 1.23 bits per heavy atom. The SMILES string of the molecule is Cn1c(N2CCO[C@@H](c3ccc(C(C)(C)O)cc3)C2)nc(-c2ccncc2F)cc1=O. The van der Waals surface area contributed by atoms with Crippen molar-refractivity contribution < 1.29 is 14.2 Å². The Kier molecular flexibility index (Phi) is 5.60. The summed E-state index contributed by atoms with van der Waals surface area (Å²) in [6.07, 6.45) is 2.36. The highest BCUT2D eigenvalue weighted by Gasteiger charge is 2.26. The third-order valence-electron chi connectivity index (χ3n) is 5.50. The summed E-state index contributed by atoms with van der Waals surface area (Å²) in [6, 6.07) is 10.5. The molecule has 1 saturated heterocycles. The van der Waals surface area contributed by atoms with Crippen LogP contribution in [0.5, 0.6) is 0 Å². The van der Waals surface area contributed by atoms with Gasteiger partial charge < -0.3 is 14.7 Å². The van der Waals surface area contributed by atoms with Gasteiger partial charge in [0.1, 0.15) is 6.10 Å². The quantitative estimate of drug-likeness (QED) is 0.694. The van der Waals surface area contributed by atoms with E-state index in [-0.39, 0.29) is 22.9 Å². The van der Waals surface area contributed by atoms with Gasteiger partial charge in [0.15, 0.2) is 5.82 Å². The standard InChI is InChI=1S/C23H25FN4O3/c1-23(2,30)16-6-4-15(5-7-16)20-14-28(10-11-31-20)22-26-19(12-21(29)27(22)3)17-8-9-25-13-18(17)24/h4-9,12-13,20,30H,10-11,14H2,1-3H3/t20-/m1/s1. The number of pyridine rings is 1. The molecule has 1 atom stereocenters. The monoisotopic (exact) mass is 424 g/mol. The minimum absolute atomic E-state index is 0.220. The Balaban J connectivity index is 1.64. The fraction of sp³-hybridized carbons (Fsp3) is 0.348.